The van der Waals surface area contributed by atoms with Crippen LogP contribution in [0.15, 0.2) is 12.3 Å². The van der Waals surface area contributed by atoms with Crippen LogP contribution >= 0.6 is 0 Å². The summed E-state index contributed by atoms with van der Waals surface area (Å²) in [6, 6.07) is 0. The van der Waals surface area contributed by atoms with Crippen LogP contribution in [0.4, 0.5) is 0 Å². The highest BCUT2D eigenvalue weighted by atomic mass is 16.7. The van der Waals surface area contributed by atoms with E-state index in [1.807, 2.05) is 0 Å². The molecule has 0 fully saturated rings. The number of carbonyl (C=O) groups excluding carboxylic acids is 1. The molecule has 0 radical (unpaired) electrons. The quantitative estimate of drug-likeness (QED) is 0.174. The molecule has 0 saturated heterocycles. The predicted molar refractivity (Wildman–Crippen MR) is 46.2 cm³/mol. The van der Waals surface area contributed by atoms with Crippen LogP contribution in [0.2, 0.25) is 0 Å². The van der Waals surface area contributed by atoms with Gasteiger partial charge in [0, 0.05) is 0 Å². The first kappa shape index (κ1) is 12.9. The number of esters is 1. The number of rotatable bonds is 8. The Hall–Kier alpha value is -1.11. The fraction of sp³-hybridized carbons (Fsp3) is 0.625. The molecule has 0 saturated carbocycles. The van der Waals surface area contributed by atoms with Crippen molar-refractivity contribution in [2.24, 2.45) is 0 Å². The summed E-state index contributed by atoms with van der Waals surface area (Å²) in [6.45, 7) is -0.178. The van der Waals surface area contributed by atoms with Gasteiger partial charge in [0.1, 0.15) is 6.61 Å². The fourth-order valence-corrected chi connectivity index (χ4v) is 0.509. The van der Waals surface area contributed by atoms with Crippen molar-refractivity contribution in [3.05, 3.63) is 12.3 Å². The number of ether oxygens (including phenoxy) is 3. The minimum absolute atomic E-state index is 0.0374. The molecule has 0 heterocycles. The molecule has 0 rings (SSSR count). The minimum atomic E-state index is -0.596. The Morgan fingerprint density at radius 3 is 2.57 bits per heavy atom. The Kier molecular flexibility index (Phi) is 9.18. The van der Waals surface area contributed by atoms with Gasteiger partial charge >= 0.3 is 5.97 Å². The van der Waals surface area contributed by atoms with E-state index in [-0.39, 0.29) is 33.2 Å². The van der Waals surface area contributed by atoms with Crippen molar-refractivity contribution in [1.82, 2.24) is 0 Å². The van der Waals surface area contributed by atoms with Gasteiger partial charge in [0.05, 0.1) is 32.2 Å². The Morgan fingerprint density at radius 1 is 1.21 bits per heavy atom. The summed E-state index contributed by atoms with van der Waals surface area (Å²) < 4.78 is 13.9. The molecule has 0 aliphatic heterocycles. The van der Waals surface area contributed by atoms with Gasteiger partial charge in [-0.2, -0.15) is 0 Å². The molecule has 0 aromatic rings. The standard InChI is InChI=1S/C8H14O6/c9-2-5-13-7-12-4-1-8(11)14-6-3-10/h1,4,9-10H,2-3,5-7H2/b4-1+. The molecule has 0 amide bonds. The Morgan fingerprint density at radius 2 is 1.93 bits per heavy atom. The summed E-state index contributed by atoms with van der Waals surface area (Å²) in [7, 11) is 0. The molecule has 6 nitrogen and oxygen atoms in total. The van der Waals surface area contributed by atoms with E-state index in [9.17, 15) is 4.79 Å². The molecule has 14 heavy (non-hydrogen) atoms. The van der Waals surface area contributed by atoms with E-state index in [2.05, 4.69) is 4.74 Å². The van der Waals surface area contributed by atoms with Gasteiger partial charge < -0.3 is 24.4 Å². The highest BCUT2D eigenvalue weighted by molar-refractivity contribution is 5.81. The molecular weight excluding hydrogens is 192 g/mol. The van der Waals surface area contributed by atoms with Crippen molar-refractivity contribution in [3.63, 3.8) is 0 Å². The maximum atomic E-state index is 10.7. The monoisotopic (exact) mass is 206 g/mol. The molecule has 0 unspecified atom stereocenters. The minimum Gasteiger partial charge on any atom is -0.475 e. The maximum absolute atomic E-state index is 10.7. The fourth-order valence-electron chi connectivity index (χ4n) is 0.509. The highest BCUT2D eigenvalue weighted by Crippen LogP contribution is 1.84. The van der Waals surface area contributed by atoms with Gasteiger partial charge in [-0.05, 0) is 0 Å². The number of carbonyl (C=O) groups is 1. The van der Waals surface area contributed by atoms with Crippen LogP contribution < -0.4 is 0 Å². The molecule has 6 heteroatoms. The number of aliphatic hydroxyl groups is 2. The Labute approximate surface area is 81.7 Å². The third-order valence-corrected chi connectivity index (χ3v) is 1.02. The normalized spacial score (nSPS) is 10.4. The van der Waals surface area contributed by atoms with E-state index in [1.165, 1.54) is 0 Å². The second-order valence-electron chi connectivity index (χ2n) is 2.11. The maximum Gasteiger partial charge on any atom is 0.333 e. The zero-order valence-electron chi connectivity index (χ0n) is 7.72. The van der Waals surface area contributed by atoms with Crippen molar-refractivity contribution in [2.45, 2.75) is 0 Å². The predicted octanol–water partition coefficient (Wildman–Crippen LogP) is -0.981. The largest absolute Gasteiger partial charge is 0.475 e. The third kappa shape index (κ3) is 8.98. The number of aliphatic hydroxyl groups excluding tert-OH is 2. The van der Waals surface area contributed by atoms with Gasteiger partial charge in [-0.15, -0.1) is 0 Å². The second kappa shape index (κ2) is 9.97. The Balaban J connectivity index is 3.28. The summed E-state index contributed by atoms with van der Waals surface area (Å²) in [5, 5.41) is 16.6. The van der Waals surface area contributed by atoms with E-state index < -0.39 is 5.97 Å². The topological polar surface area (TPSA) is 85.2 Å². The van der Waals surface area contributed by atoms with Crippen molar-refractivity contribution >= 4 is 5.97 Å². The van der Waals surface area contributed by atoms with Gasteiger partial charge in [-0.25, -0.2) is 4.79 Å². The zero-order chi connectivity index (χ0) is 10.6. The molecular formula is C8H14O6. The first-order valence-electron chi connectivity index (χ1n) is 4.05. The van der Waals surface area contributed by atoms with Crippen molar-refractivity contribution in [2.75, 3.05) is 33.2 Å². The molecule has 0 bridgehead atoms. The summed E-state index contributed by atoms with van der Waals surface area (Å²) in [5.41, 5.74) is 0. The van der Waals surface area contributed by atoms with Gasteiger partial charge in [-0.1, -0.05) is 0 Å². The van der Waals surface area contributed by atoms with Crippen LogP contribution in [-0.4, -0.2) is 49.4 Å². The molecule has 0 aromatic carbocycles. The Bertz CT molecular complexity index is 167. The summed E-state index contributed by atoms with van der Waals surface area (Å²) in [5.74, 6) is -0.596. The van der Waals surface area contributed by atoms with Gasteiger partial charge in [0.25, 0.3) is 0 Å². The van der Waals surface area contributed by atoms with Crippen LogP contribution in [0.1, 0.15) is 0 Å². The third-order valence-electron chi connectivity index (χ3n) is 1.02. The van der Waals surface area contributed by atoms with Crippen LogP contribution in [-0.2, 0) is 19.0 Å². The molecule has 0 aromatic heterocycles. The first-order valence-corrected chi connectivity index (χ1v) is 4.05. The van der Waals surface area contributed by atoms with E-state index in [0.717, 1.165) is 12.3 Å². The molecule has 0 spiro atoms. The van der Waals surface area contributed by atoms with E-state index in [4.69, 9.17) is 19.7 Å². The van der Waals surface area contributed by atoms with Crippen LogP contribution in [0.5, 0.6) is 0 Å². The summed E-state index contributed by atoms with van der Waals surface area (Å²) in [6.07, 6.45) is 2.19. The lowest BCUT2D eigenvalue weighted by molar-refractivity contribution is -0.138. The lowest BCUT2D eigenvalue weighted by atomic mass is 10.6. The van der Waals surface area contributed by atoms with Crippen molar-refractivity contribution < 1.29 is 29.2 Å². The van der Waals surface area contributed by atoms with E-state index in [0.29, 0.717) is 0 Å². The molecule has 0 atom stereocenters. The van der Waals surface area contributed by atoms with E-state index in [1.54, 1.807) is 0 Å². The van der Waals surface area contributed by atoms with Gasteiger partial charge in [-0.3, -0.25) is 0 Å². The average molecular weight is 206 g/mol. The van der Waals surface area contributed by atoms with Gasteiger partial charge in [0.2, 0.25) is 0 Å². The molecule has 0 aliphatic carbocycles. The zero-order valence-corrected chi connectivity index (χ0v) is 7.72. The SMILES string of the molecule is O=C(/C=C/OCOCCO)OCCO. The van der Waals surface area contributed by atoms with Crippen LogP contribution in [0.25, 0.3) is 0 Å². The lowest BCUT2D eigenvalue weighted by Gasteiger charge is -2.00. The molecule has 0 aliphatic rings. The lowest BCUT2D eigenvalue weighted by Crippen LogP contribution is -2.06. The average Bonchev–Trinajstić information content (AvgIpc) is 2.20. The highest BCUT2D eigenvalue weighted by Gasteiger charge is 1.94. The smallest absolute Gasteiger partial charge is 0.333 e. The summed E-state index contributed by atoms with van der Waals surface area (Å²) >= 11 is 0. The van der Waals surface area contributed by atoms with E-state index >= 15 is 0 Å². The van der Waals surface area contributed by atoms with Crippen LogP contribution in [0, 0.1) is 0 Å². The van der Waals surface area contributed by atoms with Crippen molar-refractivity contribution in [1.29, 1.82) is 0 Å². The number of hydrogen-bond acceptors (Lipinski definition) is 6. The molecule has 82 valence electrons. The van der Waals surface area contributed by atoms with Crippen LogP contribution in [0.3, 0.4) is 0 Å². The summed E-state index contributed by atoms with van der Waals surface area (Å²) in [4.78, 5) is 10.7. The molecule has 2 N–H and O–H groups in total. The van der Waals surface area contributed by atoms with Gasteiger partial charge in [0.15, 0.2) is 6.79 Å². The second-order valence-corrected chi connectivity index (χ2v) is 2.11. The van der Waals surface area contributed by atoms with Crippen molar-refractivity contribution in [3.8, 4) is 0 Å². The number of hydrogen-bond donors (Lipinski definition) is 2. The first-order chi connectivity index (χ1) is 6.81.